The largest absolute Gasteiger partial charge is 0.497 e. The summed E-state index contributed by atoms with van der Waals surface area (Å²) in [5.41, 5.74) is 0.650. The van der Waals surface area contributed by atoms with Crippen molar-refractivity contribution in [1.82, 2.24) is 14.5 Å². The van der Waals surface area contributed by atoms with Crippen LogP contribution in [0, 0.1) is 0 Å². The monoisotopic (exact) mass is 430 g/mol. The van der Waals surface area contributed by atoms with Crippen molar-refractivity contribution >= 4 is 15.8 Å². The number of sulfonamides is 1. The van der Waals surface area contributed by atoms with E-state index >= 15 is 0 Å². The molecule has 9 nitrogen and oxygen atoms in total. The number of rotatable bonds is 6. The molecule has 0 bridgehead atoms. The molecular formula is C20H22N4O5S. The topological polar surface area (TPSA) is 98.0 Å². The Bertz CT molecular complexity index is 1090. The first-order valence-electron chi connectivity index (χ1n) is 9.37. The summed E-state index contributed by atoms with van der Waals surface area (Å²) < 4.78 is 43.5. The molecule has 2 aromatic heterocycles. The Hall–Kier alpha value is -3.11. The van der Waals surface area contributed by atoms with Crippen molar-refractivity contribution in [3.63, 3.8) is 0 Å². The number of ether oxygens (including phenoxy) is 2. The van der Waals surface area contributed by atoms with Crippen LogP contribution in [-0.2, 0) is 10.0 Å². The first kappa shape index (κ1) is 20.2. The Labute approximate surface area is 174 Å². The summed E-state index contributed by atoms with van der Waals surface area (Å²) in [5, 5.41) is 8.47. The molecule has 0 atom stereocenters. The van der Waals surface area contributed by atoms with E-state index in [4.69, 9.17) is 13.9 Å². The van der Waals surface area contributed by atoms with Crippen molar-refractivity contribution < 1.29 is 22.3 Å². The zero-order valence-electron chi connectivity index (χ0n) is 16.7. The van der Waals surface area contributed by atoms with E-state index in [2.05, 4.69) is 10.2 Å². The van der Waals surface area contributed by atoms with Crippen LogP contribution < -0.4 is 14.4 Å². The molecule has 0 saturated carbocycles. The maximum absolute atomic E-state index is 13.1. The Morgan fingerprint density at radius 3 is 2.37 bits per heavy atom. The molecule has 0 amide bonds. The Morgan fingerprint density at radius 2 is 1.77 bits per heavy atom. The molecule has 1 saturated heterocycles. The number of furan rings is 1. The van der Waals surface area contributed by atoms with Crippen LogP contribution in [0.5, 0.6) is 11.5 Å². The molecule has 1 aromatic carbocycles. The van der Waals surface area contributed by atoms with Gasteiger partial charge in [0.05, 0.1) is 20.5 Å². The number of hydrogen-bond donors (Lipinski definition) is 0. The van der Waals surface area contributed by atoms with Crippen LogP contribution in [0.25, 0.3) is 11.5 Å². The van der Waals surface area contributed by atoms with E-state index in [0.717, 1.165) is 0 Å². The lowest BCUT2D eigenvalue weighted by molar-refractivity contribution is 0.369. The maximum atomic E-state index is 13.1. The second-order valence-electron chi connectivity index (χ2n) is 6.66. The molecule has 30 heavy (non-hydrogen) atoms. The summed E-state index contributed by atoms with van der Waals surface area (Å²) in [6.07, 6.45) is 1.59. The highest BCUT2D eigenvalue weighted by atomic mass is 32.2. The van der Waals surface area contributed by atoms with E-state index in [-0.39, 0.29) is 10.6 Å². The third-order valence-electron chi connectivity index (χ3n) is 4.98. The number of benzene rings is 1. The standard InChI is InChI=1S/C20H22N4O5S/c1-27-15-5-7-19(18(14-15)28-2)30(25,26)24-11-9-23(10-12-24)20-8-6-16(21-22-20)17-4-3-13-29-17/h3-8,13-14H,9-12H2,1-2H3. The molecular weight excluding hydrogens is 408 g/mol. The van der Waals surface area contributed by atoms with Crippen molar-refractivity contribution in [1.29, 1.82) is 0 Å². The lowest BCUT2D eigenvalue weighted by Crippen LogP contribution is -2.49. The molecule has 1 aliphatic heterocycles. The van der Waals surface area contributed by atoms with Gasteiger partial charge >= 0.3 is 0 Å². The summed E-state index contributed by atoms with van der Waals surface area (Å²) in [6, 6.07) is 12.0. The van der Waals surface area contributed by atoms with Gasteiger partial charge in [0.25, 0.3) is 0 Å². The lowest BCUT2D eigenvalue weighted by atomic mass is 10.3. The molecule has 0 radical (unpaired) electrons. The number of anilines is 1. The highest BCUT2D eigenvalue weighted by Crippen LogP contribution is 2.31. The molecule has 0 unspecified atom stereocenters. The summed E-state index contributed by atoms with van der Waals surface area (Å²) in [7, 11) is -0.733. The van der Waals surface area contributed by atoms with Crippen LogP contribution in [0.3, 0.4) is 0 Å². The molecule has 3 aromatic rings. The zero-order valence-corrected chi connectivity index (χ0v) is 17.5. The second-order valence-corrected chi connectivity index (χ2v) is 8.57. The molecule has 1 fully saturated rings. The molecule has 0 aliphatic carbocycles. The first-order valence-corrected chi connectivity index (χ1v) is 10.8. The molecule has 0 spiro atoms. The SMILES string of the molecule is COc1ccc(S(=O)(=O)N2CCN(c3ccc(-c4ccco4)nn3)CC2)c(OC)c1. The van der Waals surface area contributed by atoms with Crippen molar-refractivity contribution in [3.05, 3.63) is 48.7 Å². The van der Waals surface area contributed by atoms with Gasteiger partial charge in [-0.2, -0.15) is 4.31 Å². The van der Waals surface area contributed by atoms with Gasteiger partial charge in [0, 0.05) is 32.2 Å². The third kappa shape index (κ3) is 3.83. The number of aromatic nitrogens is 2. The van der Waals surface area contributed by atoms with E-state index in [9.17, 15) is 8.42 Å². The van der Waals surface area contributed by atoms with Crippen LogP contribution >= 0.6 is 0 Å². The number of methoxy groups -OCH3 is 2. The second kappa shape index (κ2) is 8.33. The number of hydrogen-bond acceptors (Lipinski definition) is 8. The maximum Gasteiger partial charge on any atom is 0.246 e. The molecule has 158 valence electrons. The van der Waals surface area contributed by atoms with Gasteiger partial charge in [0.15, 0.2) is 11.6 Å². The average Bonchev–Trinajstić information content (AvgIpc) is 3.34. The summed E-state index contributed by atoms with van der Waals surface area (Å²) in [6.45, 7) is 1.68. The molecule has 10 heteroatoms. The van der Waals surface area contributed by atoms with Gasteiger partial charge in [-0.15, -0.1) is 10.2 Å². The molecule has 1 aliphatic rings. The van der Waals surface area contributed by atoms with E-state index < -0.39 is 10.0 Å². The van der Waals surface area contributed by atoms with Crippen molar-refractivity contribution in [2.75, 3.05) is 45.3 Å². The van der Waals surface area contributed by atoms with Gasteiger partial charge in [-0.25, -0.2) is 8.42 Å². The Kier molecular flexibility index (Phi) is 5.60. The third-order valence-corrected chi connectivity index (χ3v) is 6.91. The fourth-order valence-electron chi connectivity index (χ4n) is 3.33. The number of piperazine rings is 1. The molecule has 4 rings (SSSR count). The van der Waals surface area contributed by atoms with Crippen LogP contribution in [0.4, 0.5) is 5.82 Å². The minimum Gasteiger partial charge on any atom is -0.497 e. The highest BCUT2D eigenvalue weighted by molar-refractivity contribution is 7.89. The molecule has 0 N–H and O–H groups in total. The van der Waals surface area contributed by atoms with Gasteiger partial charge in [0.1, 0.15) is 22.1 Å². The van der Waals surface area contributed by atoms with Crippen molar-refractivity contribution in [2.24, 2.45) is 0 Å². The predicted molar refractivity (Wildman–Crippen MR) is 110 cm³/mol. The quantitative estimate of drug-likeness (QED) is 0.587. The minimum absolute atomic E-state index is 0.127. The van der Waals surface area contributed by atoms with Crippen LogP contribution in [0.1, 0.15) is 0 Å². The zero-order chi connectivity index (χ0) is 21.1. The summed E-state index contributed by atoms with van der Waals surface area (Å²) in [5.74, 6) is 2.14. The van der Waals surface area contributed by atoms with Crippen LogP contribution in [0.2, 0.25) is 0 Å². The minimum atomic E-state index is -3.69. The first-order chi connectivity index (χ1) is 14.5. The van der Waals surface area contributed by atoms with E-state index in [1.807, 2.05) is 23.1 Å². The van der Waals surface area contributed by atoms with Gasteiger partial charge in [-0.1, -0.05) is 0 Å². The summed E-state index contributed by atoms with van der Waals surface area (Å²) in [4.78, 5) is 2.14. The van der Waals surface area contributed by atoms with E-state index in [1.54, 1.807) is 24.5 Å². The van der Waals surface area contributed by atoms with E-state index in [0.29, 0.717) is 49.2 Å². The predicted octanol–water partition coefficient (Wildman–Crippen LogP) is 2.26. The van der Waals surface area contributed by atoms with Gasteiger partial charge in [0.2, 0.25) is 10.0 Å². The smallest absolute Gasteiger partial charge is 0.246 e. The molecule has 3 heterocycles. The van der Waals surface area contributed by atoms with Crippen LogP contribution in [0.15, 0.2) is 58.0 Å². The average molecular weight is 430 g/mol. The van der Waals surface area contributed by atoms with E-state index in [1.165, 1.54) is 24.6 Å². The Balaban J connectivity index is 1.46. The normalized spacial score (nSPS) is 15.2. The highest BCUT2D eigenvalue weighted by Gasteiger charge is 2.31. The fourth-order valence-corrected chi connectivity index (χ4v) is 4.89. The van der Waals surface area contributed by atoms with Gasteiger partial charge < -0.3 is 18.8 Å². The number of nitrogens with zero attached hydrogens (tertiary/aromatic N) is 4. The fraction of sp³-hybridized carbons (Fsp3) is 0.300. The van der Waals surface area contributed by atoms with Crippen molar-refractivity contribution in [3.8, 4) is 23.0 Å². The summed E-state index contributed by atoms with van der Waals surface area (Å²) >= 11 is 0. The van der Waals surface area contributed by atoms with Gasteiger partial charge in [-0.05, 0) is 36.4 Å². The Morgan fingerprint density at radius 1 is 0.967 bits per heavy atom. The van der Waals surface area contributed by atoms with Gasteiger partial charge in [-0.3, -0.25) is 0 Å². The lowest BCUT2D eigenvalue weighted by Gasteiger charge is -2.34. The van der Waals surface area contributed by atoms with Crippen molar-refractivity contribution in [2.45, 2.75) is 4.90 Å². The van der Waals surface area contributed by atoms with Crippen LogP contribution in [-0.4, -0.2) is 63.3 Å².